The molecule has 3 aromatic rings. The Morgan fingerprint density at radius 2 is 1.43 bits per heavy atom. The maximum Gasteiger partial charge on any atom is 0.0445 e. The van der Waals surface area contributed by atoms with E-state index in [9.17, 15) is 0 Å². The molecule has 0 amide bonds. The zero-order valence-corrected chi connectivity index (χ0v) is 13.5. The van der Waals surface area contributed by atoms with E-state index in [1.165, 1.54) is 33.9 Å². The van der Waals surface area contributed by atoms with Gasteiger partial charge >= 0.3 is 0 Å². The quantitative estimate of drug-likeness (QED) is 0.647. The first-order chi connectivity index (χ1) is 11.2. The van der Waals surface area contributed by atoms with Crippen molar-refractivity contribution in [2.75, 3.05) is 23.9 Å². The molecule has 114 valence electrons. The average molecular weight is 300 g/mol. The molecule has 0 saturated heterocycles. The SMILES string of the molecule is CN(c1ccccc1)c1ccc2c(c1)Cc1ccccc1N2C. The van der Waals surface area contributed by atoms with E-state index in [1.54, 1.807) is 0 Å². The molecule has 0 fully saturated rings. The van der Waals surface area contributed by atoms with Gasteiger partial charge in [-0.1, -0.05) is 36.4 Å². The predicted octanol–water partition coefficient (Wildman–Crippen LogP) is 5.13. The summed E-state index contributed by atoms with van der Waals surface area (Å²) in [5.41, 5.74) is 7.81. The monoisotopic (exact) mass is 300 g/mol. The molecule has 0 N–H and O–H groups in total. The van der Waals surface area contributed by atoms with Crippen LogP contribution in [0.1, 0.15) is 11.1 Å². The summed E-state index contributed by atoms with van der Waals surface area (Å²) in [5, 5.41) is 0. The number of fused-ring (bicyclic) bond motifs is 2. The van der Waals surface area contributed by atoms with Gasteiger partial charge in [0.05, 0.1) is 0 Å². The first kappa shape index (κ1) is 13.9. The van der Waals surface area contributed by atoms with Crippen LogP contribution in [0.25, 0.3) is 0 Å². The minimum absolute atomic E-state index is 0.992. The lowest BCUT2D eigenvalue weighted by atomic mass is 9.95. The first-order valence-corrected chi connectivity index (χ1v) is 7.97. The van der Waals surface area contributed by atoms with Crippen molar-refractivity contribution < 1.29 is 0 Å². The van der Waals surface area contributed by atoms with Gasteiger partial charge in [-0.2, -0.15) is 0 Å². The Morgan fingerprint density at radius 1 is 0.739 bits per heavy atom. The fourth-order valence-electron chi connectivity index (χ4n) is 3.37. The fraction of sp³-hybridized carbons (Fsp3) is 0.143. The third-order valence-electron chi connectivity index (χ3n) is 4.69. The molecular weight excluding hydrogens is 280 g/mol. The summed E-state index contributed by atoms with van der Waals surface area (Å²) in [7, 11) is 4.27. The highest BCUT2D eigenvalue weighted by atomic mass is 15.1. The third kappa shape index (κ3) is 2.36. The topological polar surface area (TPSA) is 6.48 Å². The van der Waals surface area contributed by atoms with Crippen LogP contribution < -0.4 is 9.80 Å². The molecule has 2 heteroatoms. The highest BCUT2D eigenvalue weighted by Crippen LogP contribution is 2.39. The van der Waals surface area contributed by atoms with E-state index in [0.717, 1.165) is 6.42 Å². The normalized spacial score (nSPS) is 12.5. The van der Waals surface area contributed by atoms with E-state index in [2.05, 4.69) is 96.7 Å². The van der Waals surface area contributed by atoms with E-state index in [1.807, 2.05) is 0 Å². The van der Waals surface area contributed by atoms with Crippen LogP contribution in [0.3, 0.4) is 0 Å². The molecule has 0 aliphatic carbocycles. The standard InChI is InChI=1S/C21H20N2/c1-22(18-9-4-3-5-10-18)19-12-13-21-17(15-19)14-16-8-6-7-11-20(16)23(21)2/h3-13,15H,14H2,1-2H3. The summed E-state index contributed by atoms with van der Waals surface area (Å²) < 4.78 is 0. The van der Waals surface area contributed by atoms with Crippen LogP contribution >= 0.6 is 0 Å². The van der Waals surface area contributed by atoms with Crippen molar-refractivity contribution in [3.63, 3.8) is 0 Å². The Kier molecular flexibility index (Phi) is 3.30. The zero-order chi connectivity index (χ0) is 15.8. The van der Waals surface area contributed by atoms with E-state index in [-0.39, 0.29) is 0 Å². The summed E-state index contributed by atoms with van der Waals surface area (Å²) in [6.07, 6.45) is 0.992. The van der Waals surface area contributed by atoms with Crippen LogP contribution in [0.15, 0.2) is 72.8 Å². The molecule has 1 heterocycles. The molecule has 1 aliphatic rings. The molecule has 0 aromatic heterocycles. The number of hydrogen-bond acceptors (Lipinski definition) is 2. The van der Waals surface area contributed by atoms with Crippen LogP contribution in [-0.2, 0) is 6.42 Å². The first-order valence-electron chi connectivity index (χ1n) is 7.97. The van der Waals surface area contributed by atoms with Gasteiger partial charge in [0.2, 0.25) is 0 Å². The number of benzene rings is 3. The van der Waals surface area contributed by atoms with Crippen molar-refractivity contribution in [1.29, 1.82) is 0 Å². The Morgan fingerprint density at radius 3 is 2.26 bits per heavy atom. The number of para-hydroxylation sites is 2. The summed E-state index contributed by atoms with van der Waals surface area (Å²) in [4.78, 5) is 4.53. The second-order valence-corrected chi connectivity index (χ2v) is 6.07. The largest absolute Gasteiger partial charge is 0.345 e. The molecule has 0 spiro atoms. The van der Waals surface area contributed by atoms with Crippen LogP contribution in [0, 0.1) is 0 Å². The van der Waals surface area contributed by atoms with Gasteiger partial charge in [-0.05, 0) is 47.5 Å². The molecule has 0 saturated carbocycles. The van der Waals surface area contributed by atoms with Crippen molar-refractivity contribution in [2.24, 2.45) is 0 Å². The number of rotatable bonds is 2. The highest BCUT2D eigenvalue weighted by Gasteiger charge is 2.20. The summed E-state index contributed by atoms with van der Waals surface area (Å²) in [6, 6.07) is 25.9. The summed E-state index contributed by atoms with van der Waals surface area (Å²) >= 11 is 0. The van der Waals surface area contributed by atoms with Crippen molar-refractivity contribution >= 4 is 22.7 Å². The van der Waals surface area contributed by atoms with Crippen molar-refractivity contribution in [3.8, 4) is 0 Å². The lowest BCUT2D eigenvalue weighted by Gasteiger charge is -2.31. The second kappa shape index (κ2) is 5.47. The van der Waals surface area contributed by atoms with Gasteiger partial charge in [0, 0.05) is 43.3 Å². The summed E-state index contributed by atoms with van der Waals surface area (Å²) in [5.74, 6) is 0. The maximum absolute atomic E-state index is 2.31. The van der Waals surface area contributed by atoms with Crippen molar-refractivity contribution in [2.45, 2.75) is 6.42 Å². The number of anilines is 4. The molecule has 0 bridgehead atoms. The Balaban J connectivity index is 1.73. The lowest BCUT2D eigenvalue weighted by Crippen LogP contribution is -2.19. The molecule has 23 heavy (non-hydrogen) atoms. The van der Waals surface area contributed by atoms with Crippen LogP contribution in [0.5, 0.6) is 0 Å². The second-order valence-electron chi connectivity index (χ2n) is 6.07. The van der Waals surface area contributed by atoms with Crippen LogP contribution in [-0.4, -0.2) is 14.1 Å². The molecule has 2 nitrogen and oxygen atoms in total. The molecule has 0 radical (unpaired) electrons. The van der Waals surface area contributed by atoms with Crippen molar-refractivity contribution in [3.05, 3.63) is 83.9 Å². The molecule has 4 rings (SSSR count). The van der Waals surface area contributed by atoms with E-state index in [4.69, 9.17) is 0 Å². The minimum atomic E-state index is 0.992. The van der Waals surface area contributed by atoms with Crippen LogP contribution in [0.4, 0.5) is 22.7 Å². The van der Waals surface area contributed by atoms with Crippen LogP contribution in [0.2, 0.25) is 0 Å². The van der Waals surface area contributed by atoms with Gasteiger partial charge in [-0.3, -0.25) is 0 Å². The predicted molar refractivity (Wildman–Crippen MR) is 98.3 cm³/mol. The van der Waals surface area contributed by atoms with E-state index in [0.29, 0.717) is 0 Å². The van der Waals surface area contributed by atoms with E-state index >= 15 is 0 Å². The fourth-order valence-corrected chi connectivity index (χ4v) is 3.37. The average Bonchev–Trinajstić information content (AvgIpc) is 2.61. The Hall–Kier alpha value is -2.74. The van der Waals surface area contributed by atoms with Gasteiger partial charge in [0.1, 0.15) is 0 Å². The molecule has 0 atom stereocenters. The molecule has 1 aliphatic heterocycles. The molecule has 3 aromatic carbocycles. The smallest absolute Gasteiger partial charge is 0.0445 e. The Labute approximate surface area is 137 Å². The zero-order valence-electron chi connectivity index (χ0n) is 13.5. The van der Waals surface area contributed by atoms with Gasteiger partial charge in [0.15, 0.2) is 0 Å². The van der Waals surface area contributed by atoms with Crippen molar-refractivity contribution in [1.82, 2.24) is 0 Å². The minimum Gasteiger partial charge on any atom is -0.345 e. The molecule has 0 unspecified atom stereocenters. The number of nitrogens with zero attached hydrogens (tertiary/aromatic N) is 2. The lowest BCUT2D eigenvalue weighted by molar-refractivity contribution is 1.05. The van der Waals surface area contributed by atoms with Gasteiger partial charge < -0.3 is 9.80 Å². The van der Waals surface area contributed by atoms with E-state index < -0.39 is 0 Å². The van der Waals surface area contributed by atoms with Gasteiger partial charge in [-0.25, -0.2) is 0 Å². The van der Waals surface area contributed by atoms with Gasteiger partial charge in [-0.15, -0.1) is 0 Å². The Bertz CT molecular complexity index is 839. The highest BCUT2D eigenvalue weighted by molar-refractivity contribution is 5.77. The summed E-state index contributed by atoms with van der Waals surface area (Å²) in [6.45, 7) is 0. The third-order valence-corrected chi connectivity index (χ3v) is 4.69. The maximum atomic E-state index is 2.31. The van der Waals surface area contributed by atoms with Gasteiger partial charge in [0.25, 0.3) is 0 Å². The molecular formula is C21H20N2. The number of hydrogen-bond donors (Lipinski definition) is 0.